The van der Waals surface area contributed by atoms with Gasteiger partial charge in [0, 0.05) is 4.90 Å². The minimum atomic E-state index is -1.22. The van der Waals surface area contributed by atoms with E-state index < -0.39 is 35.3 Å². The van der Waals surface area contributed by atoms with Crippen molar-refractivity contribution in [1.29, 1.82) is 0 Å². The van der Waals surface area contributed by atoms with Crippen LogP contribution in [0.4, 0.5) is 14.5 Å². The fourth-order valence-electron chi connectivity index (χ4n) is 2.38. The lowest BCUT2D eigenvalue weighted by Gasteiger charge is -2.18. The molecule has 2 aromatic rings. The van der Waals surface area contributed by atoms with Gasteiger partial charge >= 0.3 is 5.97 Å². The number of rotatable bonds is 6. The van der Waals surface area contributed by atoms with Gasteiger partial charge in [0.05, 0.1) is 5.75 Å². The molecule has 1 N–H and O–H groups in total. The summed E-state index contributed by atoms with van der Waals surface area (Å²) in [6.07, 6.45) is -1.22. The van der Waals surface area contributed by atoms with Crippen molar-refractivity contribution in [2.24, 2.45) is 0 Å². The number of hydrogen-bond donors (Lipinski definition) is 1. The molecule has 0 fully saturated rings. The highest BCUT2D eigenvalue weighted by Crippen LogP contribution is 2.34. The lowest BCUT2D eigenvalue weighted by Crippen LogP contribution is -2.31. The molecule has 0 unspecified atom stereocenters. The Morgan fingerprint density at radius 3 is 2.54 bits per heavy atom. The van der Waals surface area contributed by atoms with E-state index in [4.69, 9.17) is 14.2 Å². The van der Waals surface area contributed by atoms with Crippen LogP contribution in [-0.2, 0) is 14.3 Å². The first-order valence-corrected chi connectivity index (χ1v) is 9.39. The van der Waals surface area contributed by atoms with Crippen LogP contribution in [0.15, 0.2) is 41.3 Å². The summed E-state index contributed by atoms with van der Waals surface area (Å²) >= 11 is 1.20. The van der Waals surface area contributed by atoms with E-state index in [0.717, 1.165) is 17.0 Å². The number of fused-ring (bicyclic) bond motifs is 1. The average molecular weight is 409 g/mol. The van der Waals surface area contributed by atoms with Gasteiger partial charge in [0.15, 0.2) is 17.6 Å². The molecule has 2 aromatic carbocycles. The van der Waals surface area contributed by atoms with Gasteiger partial charge in [0.1, 0.15) is 30.5 Å². The number of nitrogens with one attached hydrogen (secondary N) is 1. The van der Waals surface area contributed by atoms with Crippen LogP contribution in [0.3, 0.4) is 0 Å². The Hall–Kier alpha value is -2.81. The lowest BCUT2D eigenvalue weighted by atomic mass is 10.2. The molecule has 9 heteroatoms. The van der Waals surface area contributed by atoms with Gasteiger partial charge < -0.3 is 19.5 Å². The van der Waals surface area contributed by atoms with Gasteiger partial charge in [-0.3, -0.25) is 9.59 Å². The number of hydrogen-bond acceptors (Lipinski definition) is 6. The van der Waals surface area contributed by atoms with E-state index in [9.17, 15) is 18.4 Å². The molecule has 0 saturated heterocycles. The van der Waals surface area contributed by atoms with Crippen LogP contribution >= 0.6 is 11.8 Å². The largest absolute Gasteiger partial charge is 0.486 e. The molecular formula is C19H17F2NO5S. The summed E-state index contributed by atoms with van der Waals surface area (Å²) in [4.78, 5) is 24.8. The number of thioether (sulfide) groups is 1. The van der Waals surface area contributed by atoms with Gasteiger partial charge in [-0.25, -0.2) is 8.78 Å². The Morgan fingerprint density at radius 2 is 1.82 bits per heavy atom. The summed E-state index contributed by atoms with van der Waals surface area (Å²) < 4.78 is 43.1. The van der Waals surface area contributed by atoms with E-state index in [0.29, 0.717) is 24.7 Å². The molecular weight excluding hydrogens is 392 g/mol. The minimum Gasteiger partial charge on any atom is -0.486 e. The van der Waals surface area contributed by atoms with E-state index in [-0.39, 0.29) is 5.75 Å². The molecule has 0 radical (unpaired) electrons. The normalized spacial score (nSPS) is 13.5. The molecule has 1 heterocycles. The molecule has 1 aliphatic heterocycles. The van der Waals surface area contributed by atoms with Gasteiger partial charge in [0.2, 0.25) is 0 Å². The highest BCUT2D eigenvalue weighted by Gasteiger charge is 2.21. The van der Waals surface area contributed by atoms with Crippen LogP contribution in [0.25, 0.3) is 0 Å². The monoisotopic (exact) mass is 409 g/mol. The summed E-state index contributed by atoms with van der Waals surface area (Å²) in [5.74, 6) is -2.11. The second-order valence-corrected chi connectivity index (χ2v) is 6.86. The standard InChI is InChI=1S/C19H17F2NO5S/c1-11(19(24)22-18-13(20)3-2-4-14(18)21)27-17(23)10-28-12-5-6-15-16(9-12)26-8-7-25-15/h2-6,9,11H,7-8,10H2,1H3,(H,22,24)/t11-/m1/s1. The molecule has 1 atom stereocenters. The lowest BCUT2D eigenvalue weighted by molar-refractivity contribution is -0.150. The molecule has 1 aliphatic rings. The quantitative estimate of drug-likeness (QED) is 0.582. The molecule has 0 saturated carbocycles. The number of esters is 1. The van der Waals surface area contributed by atoms with Gasteiger partial charge in [-0.05, 0) is 37.3 Å². The highest BCUT2D eigenvalue weighted by molar-refractivity contribution is 8.00. The average Bonchev–Trinajstić information content (AvgIpc) is 2.69. The maximum absolute atomic E-state index is 13.6. The smallest absolute Gasteiger partial charge is 0.317 e. The van der Waals surface area contributed by atoms with Gasteiger partial charge in [-0.1, -0.05) is 6.07 Å². The molecule has 0 aromatic heterocycles. The molecule has 28 heavy (non-hydrogen) atoms. The first kappa shape index (κ1) is 19.9. The second-order valence-electron chi connectivity index (χ2n) is 5.81. The molecule has 0 aliphatic carbocycles. The maximum atomic E-state index is 13.6. The molecule has 0 bridgehead atoms. The summed E-state index contributed by atoms with van der Waals surface area (Å²) in [5, 5.41) is 2.09. The Morgan fingerprint density at radius 1 is 1.14 bits per heavy atom. The number of amides is 1. The third kappa shape index (κ3) is 4.92. The predicted octanol–water partition coefficient (Wildman–Crippen LogP) is 3.40. The fourth-order valence-corrected chi connectivity index (χ4v) is 3.09. The Bertz CT molecular complexity index is 872. The third-order valence-electron chi connectivity index (χ3n) is 3.76. The number of benzene rings is 2. The van der Waals surface area contributed by atoms with Crippen molar-refractivity contribution in [1.82, 2.24) is 0 Å². The van der Waals surface area contributed by atoms with Crippen LogP contribution in [0.2, 0.25) is 0 Å². The van der Waals surface area contributed by atoms with E-state index in [1.807, 2.05) is 0 Å². The van der Waals surface area contributed by atoms with Crippen LogP contribution in [0, 0.1) is 11.6 Å². The summed E-state index contributed by atoms with van der Waals surface area (Å²) in [7, 11) is 0. The van der Waals surface area contributed by atoms with E-state index in [2.05, 4.69) is 5.32 Å². The van der Waals surface area contributed by atoms with Crippen molar-refractivity contribution in [3.63, 3.8) is 0 Å². The van der Waals surface area contributed by atoms with Crippen molar-refractivity contribution in [2.45, 2.75) is 17.9 Å². The molecule has 1 amide bonds. The number of para-hydroxylation sites is 1. The number of carbonyl (C=O) groups excluding carboxylic acids is 2. The van der Waals surface area contributed by atoms with Crippen molar-refractivity contribution < 1.29 is 32.6 Å². The van der Waals surface area contributed by atoms with Crippen LogP contribution in [-0.4, -0.2) is 36.9 Å². The predicted molar refractivity (Wildman–Crippen MR) is 98.7 cm³/mol. The van der Waals surface area contributed by atoms with Gasteiger partial charge in [0.25, 0.3) is 5.91 Å². The summed E-state index contributed by atoms with van der Waals surface area (Å²) in [6, 6.07) is 8.49. The fraction of sp³-hybridized carbons (Fsp3) is 0.263. The molecule has 148 valence electrons. The molecule has 0 spiro atoms. The Labute approximate surface area is 164 Å². The van der Waals surface area contributed by atoms with E-state index in [1.165, 1.54) is 24.8 Å². The molecule has 6 nitrogen and oxygen atoms in total. The SMILES string of the molecule is C[C@@H](OC(=O)CSc1ccc2c(c1)OCCO2)C(=O)Nc1c(F)cccc1F. The Balaban J connectivity index is 1.51. The van der Waals surface area contributed by atoms with E-state index >= 15 is 0 Å². The van der Waals surface area contributed by atoms with Crippen LogP contribution in [0.5, 0.6) is 11.5 Å². The molecule has 3 rings (SSSR count). The van der Waals surface area contributed by atoms with Crippen LogP contribution in [0.1, 0.15) is 6.92 Å². The van der Waals surface area contributed by atoms with Crippen LogP contribution < -0.4 is 14.8 Å². The number of anilines is 1. The van der Waals surface area contributed by atoms with Gasteiger partial charge in [-0.15, -0.1) is 11.8 Å². The first-order valence-electron chi connectivity index (χ1n) is 8.41. The number of carbonyl (C=O) groups is 2. The van der Waals surface area contributed by atoms with E-state index in [1.54, 1.807) is 18.2 Å². The zero-order valence-corrected chi connectivity index (χ0v) is 15.7. The second kappa shape index (κ2) is 8.92. The zero-order chi connectivity index (χ0) is 20.1. The van der Waals surface area contributed by atoms with Crippen molar-refractivity contribution in [3.8, 4) is 11.5 Å². The summed E-state index contributed by atoms with van der Waals surface area (Å²) in [5.41, 5.74) is -0.582. The minimum absolute atomic E-state index is 0.0503. The van der Waals surface area contributed by atoms with Crippen molar-refractivity contribution in [3.05, 3.63) is 48.0 Å². The first-order chi connectivity index (χ1) is 13.4. The van der Waals surface area contributed by atoms with Crippen molar-refractivity contribution in [2.75, 3.05) is 24.3 Å². The maximum Gasteiger partial charge on any atom is 0.317 e. The topological polar surface area (TPSA) is 73.9 Å². The van der Waals surface area contributed by atoms with Gasteiger partial charge in [-0.2, -0.15) is 0 Å². The van der Waals surface area contributed by atoms with Crippen molar-refractivity contribution >= 4 is 29.3 Å². The highest BCUT2D eigenvalue weighted by atomic mass is 32.2. The Kier molecular flexibility index (Phi) is 6.35. The number of halogens is 2. The zero-order valence-electron chi connectivity index (χ0n) is 14.9. The third-order valence-corrected chi connectivity index (χ3v) is 4.73. The number of ether oxygens (including phenoxy) is 3. The summed E-state index contributed by atoms with van der Waals surface area (Å²) in [6.45, 7) is 2.27.